The standard InChI is InChI=1S/C37H45N7O3S/c1-43(31(23-27-14-6-3-7-15-27)35(47)40-20-10-16-26-12-4-2-5-13-26)25-33(45)41-30(22-28-17-11-21-44(24-28)37(38)39)34(46)36-42-29-18-8-9-19-32(29)48-36/h2-9,12-15,18-19,28,30-31H,10-11,16-17,20-25H2,1H3,(H3,38,39)(H,40,47)(H,41,45)/t28?,30-,31?/m0/s1. The van der Waals surface area contributed by atoms with Crippen LogP contribution in [0.2, 0.25) is 0 Å². The summed E-state index contributed by atoms with van der Waals surface area (Å²) in [6, 6.07) is 26.1. The summed E-state index contributed by atoms with van der Waals surface area (Å²) in [5.74, 6) is -0.634. The Morgan fingerprint density at radius 1 is 1.02 bits per heavy atom. The van der Waals surface area contributed by atoms with Crippen molar-refractivity contribution in [2.45, 2.75) is 50.6 Å². The average Bonchev–Trinajstić information content (AvgIpc) is 3.54. The smallest absolute Gasteiger partial charge is 0.237 e. The van der Waals surface area contributed by atoms with Crippen LogP contribution in [0.1, 0.15) is 46.6 Å². The van der Waals surface area contributed by atoms with Crippen molar-refractivity contribution in [1.82, 2.24) is 25.4 Å². The molecule has 2 unspecified atom stereocenters. The lowest BCUT2D eigenvalue weighted by Gasteiger charge is -2.34. The van der Waals surface area contributed by atoms with Crippen LogP contribution < -0.4 is 16.4 Å². The first kappa shape index (κ1) is 34.7. The molecule has 5 N–H and O–H groups in total. The number of piperidine rings is 1. The highest BCUT2D eigenvalue weighted by Gasteiger charge is 2.32. The van der Waals surface area contributed by atoms with Crippen LogP contribution >= 0.6 is 11.3 Å². The Hall–Kier alpha value is -4.61. The fourth-order valence-electron chi connectivity index (χ4n) is 6.30. The number of nitrogens with two attached hydrogens (primary N) is 1. The lowest BCUT2D eigenvalue weighted by atomic mass is 9.90. The third-order valence-corrected chi connectivity index (χ3v) is 9.92. The van der Waals surface area contributed by atoms with Gasteiger partial charge in [-0.2, -0.15) is 0 Å². The van der Waals surface area contributed by atoms with Gasteiger partial charge < -0.3 is 21.3 Å². The first-order valence-corrected chi connectivity index (χ1v) is 17.4. The summed E-state index contributed by atoms with van der Waals surface area (Å²) in [5.41, 5.74) is 8.75. The number of amides is 2. The van der Waals surface area contributed by atoms with Gasteiger partial charge >= 0.3 is 0 Å². The van der Waals surface area contributed by atoms with E-state index in [1.807, 2.05) is 77.7 Å². The molecule has 11 heteroatoms. The highest BCUT2D eigenvalue weighted by molar-refractivity contribution is 7.20. The first-order valence-electron chi connectivity index (χ1n) is 16.6. The molecule has 5 rings (SSSR count). The van der Waals surface area contributed by atoms with Crippen molar-refractivity contribution in [3.8, 4) is 0 Å². The highest BCUT2D eigenvalue weighted by atomic mass is 32.1. The van der Waals surface area contributed by atoms with Gasteiger partial charge in [0.25, 0.3) is 0 Å². The van der Waals surface area contributed by atoms with Gasteiger partial charge in [0, 0.05) is 19.6 Å². The van der Waals surface area contributed by atoms with Gasteiger partial charge in [0.2, 0.25) is 17.6 Å². The highest BCUT2D eigenvalue weighted by Crippen LogP contribution is 2.26. The van der Waals surface area contributed by atoms with E-state index in [9.17, 15) is 14.4 Å². The topological polar surface area (TPSA) is 145 Å². The van der Waals surface area contributed by atoms with E-state index in [1.54, 1.807) is 11.9 Å². The van der Waals surface area contributed by atoms with E-state index in [-0.39, 0.29) is 36.0 Å². The first-order chi connectivity index (χ1) is 23.3. The van der Waals surface area contributed by atoms with Crippen LogP contribution in [0.4, 0.5) is 0 Å². The van der Waals surface area contributed by atoms with Crippen molar-refractivity contribution >= 4 is 45.1 Å². The van der Waals surface area contributed by atoms with Gasteiger partial charge in [-0.05, 0) is 74.8 Å². The maximum absolute atomic E-state index is 13.9. The van der Waals surface area contributed by atoms with E-state index >= 15 is 0 Å². The number of benzene rings is 3. The Morgan fingerprint density at radius 2 is 1.71 bits per heavy atom. The maximum Gasteiger partial charge on any atom is 0.237 e. The number of hydrogen-bond donors (Lipinski definition) is 4. The number of para-hydroxylation sites is 1. The zero-order valence-electron chi connectivity index (χ0n) is 27.4. The van der Waals surface area contributed by atoms with Crippen LogP contribution in [0.15, 0.2) is 84.9 Å². The lowest BCUT2D eigenvalue weighted by molar-refractivity contribution is -0.128. The molecule has 48 heavy (non-hydrogen) atoms. The molecule has 3 aromatic carbocycles. The zero-order valence-corrected chi connectivity index (χ0v) is 28.3. The third-order valence-electron chi connectivity index (χ3n) is 8.87. The number of hydrogen-bond acceptors (Lipinski definition) is 7. The van der Waals surface area contributed by atoms with Crippen molar-refractivity contribution in [3.63, 3.8) is 0 Å². The van der Waals surface area contributed by atoms with Crippen LogP contribution in [0, 0.1) is 11.3 Å². The molecular weight excluding hydrogens is 623 g/mol. The number of guanidine groups is 1. The second kappa shape index (κ2) is 17.0. The van der Waals surface area contributed by atoms with Crippen LogP contribution in [0.5, 0.6) is 0 Å². The molecule has 0 saturated carbocycles. The van der Waals surface area contributed by atoms with Gasteiger partial charge in [0.1, 0.15) is 0 Å². The van der Waals surface area contributed by atoms with Gasteiger partial charge in [-0.15, -0.1) is 11.3 Å². The second-order valence-electron chi connectivity index (χ2n) is 12.5. The van der Waals surface area contributed by atoms with E-state index in [1.165, 1.54) is 16.9 Å². The summed E-state index contributed by atoms with van der Waals surface area (Å²) in [5, 5.41) is 14.3. The molecule has 0 radical (unpaired) electrons. The second-order valence-corrected chi connectivity index (χ2v) is 13.6. The van der Waals surface area contributed by atoms with Gasteiger partial charge in [0.05, 0.1) is 28.8 Å². The number of carbonyl (C=O) groups excluding carboxylic acids is 3. The van der Waals surface area contributed by atoms with Crippen molar-refractivity contribution in [2.75, 3.05) is 33.2 Å². The number of carbonyl (C=O) groups is 3. The number of likely N-dealkylation sites (tertiary alicyclic amines) is 1. The fraction of sp³-hybridized carbons (Fsp3) is 0.378. The zero-order chi connectivity index (χ0) is 33.9. The lowest BCUT2D eigenvalue weighted by Crippen LogP contribution is -2.52. The van der Waals surface area contributed by atoms with Crippen molar-refractivity contribution in [1.29, 1.82) is 5.41 Å². The molecule has 3 atom stereocenters. The van der Waals surface area contributed by atoms with Gasteiger partial charge in [-0.1, -0.05) is 72.8 Å². The van der Waals surface area contributed by atoms with Crippen LogP contribution in [0.3, 0.4) is 0 Å². The van der Waals surface area contributed by atoms with Crippen LogP contribution in [0.25, 0.3) is 10.2 Å². The summed E-state index contributed by atoms with van der Waals surface area (Å²) >= 11 is 1.32. The molecule has 1 saturated heterocycles. The quantitative estimate of drug-likeness (QED) is 0.0642. The molecule has 252 valence electrons. The number of fused-ring (bicyclic) bond motifs is 1. The Balaban J connectivity index is 1.27. The SMILES string of the molecule is CN(CC(=O)N[C@@H](CC1CCCN(C(=N)N)C1)C(=O)c1nc2ccccc2s1)C(Cc1ccccc1)C(=O)NCCCc1ccccc1. The molecule has 2 amide bonds. The van der Waals surface area contributed by atoms with Crippen LogP contribution in [-0.4, -0.2) is 83.7 Å². The average molecular weight is 668 g/mol. The van der Waals surface area contributed by atoms with E-state index < -0.39 is 12.1 Å². The third kappa shape index (κ3) is 9.71. The Kier molecular flexibility index (Phi) is 12.3. The molecule has 1 aliphatic heterocycles. The molecule has 2 heterocycles. The van der Waals surface area contributed by atoms with E-state index in [2.05, 4.69) is 27.8 Å². The Morgan fingerprint density at radius 3 is 2.42 bits per heavy atom. The molecule has 4 aromatic rings. The number of aromatic nitrogens is 1. The number of aryl methyl sites for hydroxylation is 1. The van der Waals surface area contributed by atoms with Crippen molar-refractivity contribution in [2.24, 2.45) is 11.7 Å². The summed E-state index contributed by atoms with van der Waals surface area (Å²) in [7, 11) is 1.77. The predicted octanol–water partition coefficient (Wildman–Crippen LogP) is 4.25. The van der Waals surface area contributed by atoms with Gasteiger partial charge in [-0.25, -0.2) is 4.98 Å². The number of ketones is 1. The predicted molar refractivity (Wildman–Crippen MR) is 191 cm³/mol. The maximum atomic E-state index is 13.9. The monoisotopic (exact) mass is 667 g/mol. The van der Waals surface area contributed by atoms with E-state index in [4.69, 9.17) is 11.1 Å². The number of thiazole rings is 1. The summed E-state index contributed by atoms with van der Waals surface area (Å²) < 4.78 is 0.907. The number of rotatable bonds is 15. The number of nitrogens with one attached hydrogen (secondary N) is 3. The number of nitrogens with zero attached hydrogens (tertiary/aromatic N) is 3. The van der Waals surface area contributed by atoms with Crippen molar-refractivity contribution < 1.29 is 14.4 Å². The summed E-state index contributed by atoms with van der Waals surface area (Å²) in [6.45, 7) is 1.72. The van der Waals surface area contributed by atoms with Gasteiger partial charge in [-0.3, -0.25) is 24.7 Å². The number of likely N-dealkylation sites (N-methyl/N-ethyl adjacent to an activating group) is 1. The van der Waals surface area contributed by atoms with Crippen molar-refractivity contribution in [3.05, 3.63) is 101 Å². The Labute approximate surface area is 286 Å². The normalized spacial score (nSPS) is 16.0. The van der Waals surface area contributed by atoms with E-state index in [0.29, 0.717) is 37.5 Å². The summed E-state index contributed by atoms with van der Waals surface area (Å²) in [6.07, 6.45) is 4.22. The number of Topliss-reactive ketones (excluding diaryl/α,β-unsaturated/α-hetero) is 1. The molecule has 0 bridgehead atoms. The minimum Gasteiger partial charge on any atom is -0.370 e. The molecular formula is C37H45N7O3S. The molecule has 10 nitrogen and oxygen atoms in total. The largest absolute Gasteiger partial charge is 0.370 e. The molecule has 1 fully saturated rings. The fourth-order valence-corrected chi connectivity index (χ4v) is 7.26. The van der Waals surface area contributed by atoms with E-state index in [0.717, 1.165) is 41.5 Å². The summed E-state index contributed by atoms with van der Waals surface area (Å²) in [4.78, 5) is 49.3. The molecule has 0 aliphatic carbocycles. The molecule has 1 aliphatic rings. The molecule has 0 spiro atoms. The minimum atomic E-state index is -0.803. The van der Waals surface area contributed by atoms with Crippen LogP contribution in [-0.2, 0) is 22.4 Å². The Bertz CT molecular complexity index is 1650. The minimum absolute atomic E-state index is 0.0159. The van der Waals surface area contributed by atoms with Gasteiger partial charge in [0.15, 0.2) is 11.0 Å². The molecule has 1 aromatic heterocycles.